The molecule has 0 N–H and O–H groups in total. The number of ketones is 1. The van der Waals surface area contributed by atoms with Crippen LogP contribution in [-0.4, -0.2) is 12.0 Å². The van der Waals surface area contributed by atoms with Crippen LogP contribution in [0.25, 0.3) is 6.08 Å². The molecular weight excluding hydrogens is 273 g/mol. The average molecular weight is 279 g/mol. The molecule has 0 saturated carbocycles. The van der Waals surface area contributed by atoms with Gasteiger partial charge in [-0.05, 0) is 27.6 Å². The van der Waals surface area contributed by atoms with Gasteiger partial charge in [-0.3, -0.25) is 4.79 Å². The first-order chi connectivity index (χ1) is 6.91. The van der Waals surface area contributed by atoms with Crippen molar-refractivity contribution in [1.82, 2.24) is 0 Å². The van der Waals surface area contributed by atoms with Gasteiger partial charge in [0.25, 0.3) is 5.78 Å². The highest BCUT2D eigenvalue weighted by atomic mass is 79.9. The summed E-state index contributed by atoms with van der Waals surface area (Å²) >= 11 is 2.61. The van der Waals surface area contributed by atoms with Crippen molar-refractivity contribution in [2.24, 2.45) is 0 Å². The Kier molecular flexibility index (Phi) is 3.68. The fourth-order valence-corrected chi connectivity index (χ4v) is 1.39. The normalized spacial score (nSPS) is 12.7. The lowest BCUT2D eigenvalue weighted by Crippen LogP contribution is -2.22. The zero-order valence-electron chi connectivity index (χ0n) is 7.38. The third-order valence-corrected chi connectivity index (χ3v) is 2.16. The molecule has 0 fully saturated rings. The molecule has 0 spiro atoms. The van der Waals surface area contributed by atoms with Crippen molar-refractivity contribution in [1.29, 1.82) is 0 Å². The summed E-state index contributed by atoms with van der Waals surface area (Å²) < 4.78 is 35.4. The van der Waals surface area contributed by atoms with Gasteiger partial charge in [0.2, 0.25) is 0 Å². The average Bonchev–Trinajstić information content (AvgIpc) is 2.16. The van der Waals surface area contributed by atoms with E-state index in [-0.39, 0.29) is 0 Å². The van der Waals surface area contributed by atoms with Gasteiger partial charge in [0.1, 0.15) is 0 Å². The summed E-state index contributed by atoms with van der Waals surface area (Å²) in [6.45, 7) is 0. The van der Waals surface area contributed by atoms with Gasteiger partial charge in [-0.2, -0.15) is 13.2 Å². The van der Waals surface area contributed by atoms with E-state index in [1.165, 1.54) is 0 Å². The van der Waals surface area contributed by atoms with E-state index < -0.39 is 16.4 Å². The largest absolute Gasteiger partial charge is 0.455 e. The lowest BCUT2D eigenvalue weighted by atomic mass is 10.2. The molecular formula is C10H6BrF3O. The molecule has 15 heavy (non-hydrogen) atoms. The number of carbonyl (C=O) groups excluding carboxylic acids is 1. The number of hydrogen-bond donors (Lipinski definition) is 0. The minimum Gasteiger partial charge on any atom is -0.283 e. The topological polar surface area (TPSA) is 17.1 Å². The first-order valence-electron chi connectivity index (χ1n) is 3.95. The van der Waals surface area contributed by atoms with Crippen molar-refractivity contribution < 1.29 is 18.0 Å². The summed E-state index contributed by atoms with van der Waals surface area (Å²) in [7, 11) is 0. The number of halogens is 4. The summed E-state index contributed by atoms with van der Waals surface area (Å²) in [6.07, 6.45) is -3.71. The molecule has 0 heterocycles. The molecule has 0 aromatic heterocycles. The number of carbonyl (C=O) groups is 1. The van der Waals surface area contributed by atoms with Gasteiger partial charge in [0, 0.05) is 0 Å². The molecule has 0 saturated heterocycles. The molecule has 0 bridgehead atoms. The first-order valence-corrected chi connectivity index (χ1v) is 4.74. The summed E-state index contributed by atoms with van der Waals surface area (Å²) in [4.78, 5) is 10.7. The van der Waals surface area contributed by atoms with Gasteiger partial charge in [0.05, 0.1) is 4.48 Å². The van der Waals surface area contributed by atoms with E-state index in [0.29, 0.717) is 5.56 Å². The maximum Gasteiger partial charge on any atom is 0.455 e. The van der Waals surface area contributed by atoms with Crippen molar-refractivity contribution in [3.05, 3.63) is 40.4 Å². The van der Waals surface area contributed by atoms with Crippen molar-refractivity contribution in [3.63, 3.8) is 0 Å². The van der Waals surface area contributed by atoms with Crippen molar-refractivity contribution >= 4 is 27.8 Å². The smallest absolute Gasteiger partial charge is 0.283 e. The number of rotatable bonds is 2. The fourth-order valence-electron chi connectivity index (χ4n) is 0.897. The Labute approximate surface area is 92.7 Å². The Morgan fingerprint density at radius 2 is 1.73 bits per heavy atom. The molecule has 0 unspecified atom stereocenters. The minimum atomic E-state index is -4.84. The van der Waals surface area contributed by atoms with E-state index in [0.717, 1.165) is 6.08 Å². The lowest BCUT2D eigenvalue weighted by Gasteiger charge is -2.03. The van der Waals surface area contributed by atoms with Gasteiger partial charge < -0.3 is 0 Å². The number of hydrogen-bond acceptors (Lipinski definition) is 1. The van der Waals surface area contributed by atoms with Gasteiger partial charge in [-0.1, -0.05) is 30.3 Å². The molecule has 0 aliphatic rings. The molecule has 0 radical (unpaired) electrons. The maximum absolute atomic E-state index is 12.0. The number of Topliss-reactive ketones (excluding diaryl/α,β-unsaturated/α-hetero) is 1. The minimum absolute atomic E-state index is 0.499. The monoisotopic (exact) mass is 278 g/mol. The summed E-state index contributed by atoms with van der Waals surface area (Å²) in [5.74, 6) is -1.88. The molecule has 0 aliphatic carbocycles. The van der Waals surface area contributed by atoms with Crippen LogP contribution in [0.4, 0.5) is 13.2 Å². The molecule has 0 atom stereocenters. The number of allylic oxidation sites excluding steroid dienone is 1. The molecule has 1 aromatic rings. The van der Waals surface area contributed by atoms with Gasteiger partial charge in [-0.25, -0.2) is 0 Å². The van der Waals surface area contributed by atoms with Gasteiger partial charge in [0.15, 0.2) is 0 Å². The van der Waals surface area contributed by atoms with Crippen LogP contribution in [0, 0.1) is 0 Å². The molecule has 1 nitrogen and oxygen atoms in total. The summed E-state index contributed by atoms with van der Waals surface area (Å²) in [6, 6.07) is 8.28. The van der Waals surface area contributed by atoms with Crippen molar-refractivity contribution in [2.75, 3.05) is 0 Å². The number of benzene rings is 1. The van der Waals surface area contributed by atoms with E-state index in [1.807, 2.05) is 0 Å². The molecule has 0 aliphatic heterocycles. The van der Waals surface area contributed by atoms with Crippen molar-refractivity contribution in [3.8, 4) is 0 Å². The SMILES string of the molecule is O=C(C(Br)=Cc1ccccc1)C(F)(F)F. The van der Waals surface area contributed by atoms with Gasteiger partial charge >= 0.3 is 6.18 Å². The Bertz CT molecular complexity index is 381. The molecule has 0 amide bonds. The standard InChI is InChI=1S/C10H6BrF3O/c11-8(9(15)10(12,13)14)6-7-4-2-1-3-5-7/h1-6H. The predicted molar refractivity (Wildman–Crippen MR) is 54.4 cm³/mol. The zero-order chi connectivity index (χ0) is 11.5. The van der Waals surface area contributed by atoms with Crippen LogP contribution in [0.2, 0.25) is 0 Å². The summed E-state index contributed by atoms with van der Waals surface area (Å²) in [5, 5.41) is 0. The zero-order valence-corrected chi connectivity index (χ0v) is 8.97. The summed E-state index contributed by atoms with van der Waals surface area (Å²) in [5.41, 5.74) is 0.530. The second-order valence-electron chi connectivity index (χ2n) is 2.73. The molecule has 1 aromatic carbocycles. The fraction of sp³-hybridized carbons (Fsp3) is 0.100. The Hall–Kier alpha value is -1.10. The van der Waals surface area contributed by atoms with E-state index in [1.54, 1.807) is 30.3 Å². The second kappa shape index (κ2) is 4.61. The maximum atomic E-state index is 12.0. The van der Waals surface area contributed by atoms with Crippen LogP contribution in [0.15, 0.2) is 34.8 Å². The van der Waals surface area contributed by atoms with Crippen molar-refractivity contribution in [2.45, 2.75) is 6.18 Å². The van der Waals surface area contributed by atoms with Crippen LogP contribution in [0.1, 0.15) is 5.56 Å². The highest BCUT2D eigenvalue weighted by molar-refractivity contribution is 9.12. The van der Waals surface area contributed by atoms with Crippen LogP contribution in [0.5, 0.6) is 0 Å². The molecule has 5 heteroatoms. The third kappa shape index (κ3) is 3.51. The van der Waals surface area contributed by atoms with E-state index >= 15 is 0 Å². The van der Waals surface area contributed by atoms with E-state index in [9.17, 15) is 18.0 Å². The van der Waals surface area contributed by atoms with Crippen LogP contribution in [0.3, 0.4) is 0 Å². The molecule has 80 valence electrons. The van der Waals surface area contributed by atoms with Gasteiger partial charge in [-0.15, -0.1) is 0 Å². The Balaban J connectivity index is 2.91. The lowest BCUT2D eigenvalue weighted by molar-refractivity contribution is -0.165. The Morgan fingerprint density at radius 1 is 1.20 bits per heavy atom. The van der Waals surface area contributed by atoms with Crippen LogP contribution in [-0.2, 0) is 4.79 Å². The van der Waals surface area contributed by atoms with Crippen LogP contribution < -0.4 is 0 Å². The highest BCUT2D eigenvalue weighted by Gasteiger charge is 2.39. The Morgan fingerprint density at radius 3 is 2.20 bits per heavy atom. The third-order valence-electron chi connectivity index (χ3n) is 1.57. The van der Waals surface area contributed by atoms with E-state index in [2.05, 4.69) is 15.9 Å². The quantitative estimate of drug-likeness (QED) is 0.756. The highest BCUT2D eigenvalue weighted by Crippen LogP contribution is 2.25. The first kappa shape index (κ1) is 12.0. The van der Waals surface area contributed by atoms with E-state index in [4.69, 9.17) is 0 Å². The molecule has 1 rings (SSSR count). The second-order valence-corrected chi connectivity index (χ2v) is 3.58. The number of alkyl halides is 3. The predicted octanol–water partition coefficient (Wildman–Crippen LogP) is 3.55. The van der Waals surface area contributed by atoms with Crippen LogP contribution >= 0.6 is 15.9 Å².